The van der Waals surface area contributed by atoms with Crippen molar-refractivity contribution in [2.45, 2.75) is 18.6 Å². The number of furan rings is 1. The number of hydrogen-bond donors (Lipinski definition) is 1. The standard InChI is InChI=1S/C21H18BrN5O2S/c1-14-7-8-17(16(22)11-14)24-19(28)13-30-21-26-25-20(18-6-2-3-9-23-18)27(21)12-15-5-4-10-29-15/h2-11H,12-13H2,1H3,(H,24,28). The van der Waals surface area contributed by atoms with E-state index in [4.69, 9.17) is 4.42 Å². The summed E-state index contributed by atoms with van der Waals surface area (Å²) in [7, 11) is 0. The Morgan fingerprint density at radius 2 is 2.10 bits per heavy atom. The van der Waals surface area contributed by atoms with Crippen LogP contribution in [0, 0.1) is 6.92 Å². The fourth-order valence-corrected chi connectivity index (χ4v) is 4.15. The summed E-state index contributed by atoms with van der Waals surface area (Å²) >= 11 is 4.79. The molecule has 1 N–H and O–H groups in total. The van der Waals surface area contributed by atoms with Crippen LogP contribution in [-0.4, -0.2) is 31.4 Å². The molecule has 0 atom stereocenters. The van der Waals surface area contributed by atoms with Gasteiger partial charge in [0.05, 0.1) is 24.2 Å². The Kier molecular flexibility index (Phi) is 6.29. The third kappa shape index (κ3) is 4.80. The number of benzene rings is 1. The molecule has 7 nitrogen and oxygen atoms in total. The lowest BCUT2D eigenvalue weighted by molar-refractivity contribution is -0.113. The van der Waals surface area contributed by atoms with Crippen molar-refractivity contribution >= 4 is 39.3 Å². The van der Waals surface area contributed by atoms with Crippen LogP contribution >= 0.6 is 27.7 Å². The van der Waals surface area contributed by atoms with Gasteiger partial charge in [0, 0.05) is 10.7 Å². The van der Waals surface area contributed by atoms with Crippen molar-refractivity contribution in [3.05, 3.63) is 76.8 Å². The van der Waals surface area contributed by atoms with Gasteiger partial charge in [-0.25, -0.2) is 0 Å². The van der Waals surface area contributed by atoms with Crippen LogP contribution in [0.25, 0.3) is 11.5 Å². The van der Waals surface area contributed by atoms with Crippen LogP contribution in [0.2, 0.25) is 0 Å². The molecule has 0 unspecified atom stereocenters. The smallest absolute Gasteiger partial charge is 0.234 e. The van der Waals surface area contributed by atoms with Gasteiger partial charge in [-0.15, -0.1) is 10.2 Å². The molecule has 1 aromatic carbocycles. The first kappa shape index (κ1) is 20.4. The van der Waals surface area contributed by atoms with E-state index in [2.05, 4.69) is 36.4 Å². The lowest BCUT2D eigenvalue weighted by atomic mass is 10.2. The Morgan fingerprint density at radius 1 is 1.20 bits per heavy atom. The summed E-state index contributed by atoms with van der Waals surface area (Å²) in [6, 6.07) is 15.1. The van der Waals surface area contributed by atoms with Crippen LogP contribution in [0.3, 0.4) is 0 Å². The fraction of sp³-hybridized carbons (Fsp3) is 0.143. The quantitative estimate of drug-likeness (QED) is 0.380. The number of halogens is 1. The molecular formula is C21H18BrN5O2S. The number of carbonyl (C=O) groups is 1. The number of aryl methyl sites for hydroxylation is 1. The number of aromatic nitrogens is 4. The number of amides is 1. The third-order valence-corrected chi connectivity index (χ3v) is 5.86. The average Bonchev–Trinajstić information content (AvgIpc) is 3.40. The summed E-state index contributed by atoms with van der Waals surface area (Å²) in [5.74, 6) is 1.45. The minimum atomic E-state index is -0.128. The van der Waals surface area contributed by atoms with Gasteiger partial charge in [-0.2, -0.15) is 0 Å². The van der Waals surface area contributed by atoms with Crippen LogP contribution in [0.15, 0.2) is 75.0 Å². The van der Waals surface area contributed by atoms with E-state index in [-0.39, 0.29) is 11.7 Å². The lowest BCUT2D eigenvalue weighted by Crippen LogP contribution is -2.15. The minimum Gasteiger partial charge on any atom is -0.467 e. The van der Waals surface area contributed by atoms with Crippen molar-refractivity contribution in [1.29, 1.82) is 0 Å². The molecule has 0 aliphatic heterocycles. The predicted octanol–water partition coefficient (Wildman–Crippen LogP) is 4.78. The van der Waals surface area contributed by atoms with Crippen molar-refractivity contribution < 1.29 is 9.21 Å². The Hall–Kier alpha value is -2.91. The van der Waals surface area contributed by atoms with E-state index in [1.807, 2.05) is 60.0 Å². The monoisotopic (exact) mass is 483 g/mol. The summed E-state index contributed by atoms with van der Waals surface area (Å²) < 4.78 is 8.24. The van der Waals surface area contributed by atoms with Crippen molar-refractivity contribution in [1.82, 2.24) is 19.7 Å². The molecule has 0 fully saturated rings. The molecule has 0 saturated heterocycles. The van der Waals surface area contributed by atoms with Crippen molar-refractivity contribution in [3.8, 4) is 11.5 Å². The number of carbonyl (C=O) groups excluding carboxylic acids is 1. The molecule has 152 valence electrons. The topological polar surface area (TPSA) is 85.8 Å². The van der Waals surface area contributed by atoms with Crippen LogP contribution in [-0.2, 0) is 11.3 Å². The summed E-state index contributed by atoms with van der Waals surface area (Å²) in [5, 5.41) is 12.1. The molecule has 30 heavy (non-hydrogen) atoms. The number of nitrogens with zero attached hydrogens (tertiary/aromatic N) is 4. The summed E-state index contributed by atoms with van der Waals surface area (Å²) in [6.45, 7) is 2.44. The predicted molar refractivity (Wildman–Crippen MR) is 119 cm³/mol. The molecule has 0 aliphatic rings. The van der Waals surface area contributed by atoms with Crippen LogP contribution in [0.1, 0.15) is 11.3 Å². The molecular weight excluding hydrogens is 466 g/mol. The minimum absolute atomic E-state index is 0.128. The summed E-state index contributed by atoms with van der Waals surface area (Å²) in [6.07, 6.45) is 3.33. The van der Waals surface area contributed by atoms with E-state index < -0.39 is 0 Å². The second-order valence-electron chi connectivity index (χ2n) is 6.51. The molecule has 0 spiro atoms. The first-order valence-corrected chi connectivity index (χ1v) is 10.9. The first-order valence-electron chi connectivity index (χ1n) is 9.16. The number of thioether (sulfide) groups is 1. The molecule has 0 saturated carbocycles. The van der Waals surface area contributed by atoms with Gasteiger partial charge in [-0.3, -0.25) is 14.3 Å². The van der Waals surface area contributed by atoms with Gasteiger partial charge in [0.15, 0.2) is 11.0 Å². The zero-order chi connectivity index (χ0) is 20.9. The lowest BCUT2D eigenvalue weighted by Gasteiger charge is -2.10. The molecule has 0 aliphatic carbocycles. The van der Waals surface area contributed by atoms with Crippen LogP contribution in [0.5, 0.6) is 0 Å². The van der Waals surface area contributed by atoms with Gasteiger partial charge in [0.1, 0.15) is 11.5 Å². The molecule has 3 heterocycles. The number of pyridine rings is 1. The van der Waals surface area contributed by atoms with Crippen molar-refractivity contribution in [2.24, 2.45) is 0 Å². The fourth-order valence-electron chi connectivity index (χ4n) is 2.82. The Labute approximate surface area is 186 Å². The molecule has 4 aromatic rings. The normalized spacial score (nSPS) is 10.9. The second kappa shape index (κ2) is 9.27. The highest BCUT2D eigenvalue weighted by Gasteiger charge is 2.18. The summed E-state index contributed by atoms with van der Waals surface area (Å²) in [4.78, 5) is 16.9. The van der Waals surface area contributed by atoms with E-state index in [1.165, 1.54) is 11.8 Å². The van der Waals surface area contributed by atoms with Gasteiger partial charge in [-0.05, 0) is 64.8 Å². The van der Waals surface area contributed by atoms with Crippen LogP contribution in [0.4, 0.5) is 5.69 Å². The van der Waals surface area contributed by atoms with Crippen LogP contribution < -0.4 is 5.32 Å². The average molecular weight is 484 g/mol. The number of rotatable bonds is 7. The maximum Gasteiger partial charge on any atom is 0.234 e. The number of anilines is 1. The molecule has 0 bridgehead atoms. The largest absolute Gasteiger partial charge is 0.467 e. The SMILES string of the molecule is Cc1ccc(NC(=O)CSc2nnc(-c3ccccn3)n2Cc2ccco2)c(Br)c1. The van der Waals surface area contributed by atoms with E-state index in [9.17, 15) is 4.79 Å². The second-order valence-corrected chi connectivity index (χ2v) is 8.30. The molecule has 4 rings (SSSR count). The molecule has 1 amide bonds. The van der Waals surface area contributed by atoms with Gasteiger partial charge in [0.2, 0.25) is 5.91 Å². The van der Waals surface area contributed by atoms with Gasteiger partial charge >= 0.3 is 0 Å². The number of hydrogen-bond acceptors (Lipinski definition) is 6. The maximum absolute atomic E-state index is 12.5. The third-order valence-electron chi connectivity index (χ3n) is 4.24. The highest BCUT2D eigenvalue weighted by atomic mass is 79.9. The molecule has 3 aromatic heterocycles. The van der Waals surface area contributed by atoms with Gasteiger partial charge in [-0.1, -0.05) is 23.9 Å². The Balaban J connectivity index is 1.52. The van der Waals surface area contributed by atoms with Gasteiger partial charge < -0.3 is 9.73 Å². The van der Waals surface area contributed by atoms with Crippen molar-refractivity contribution in [2.75, 3.05) is 11.1 Å². The maximum atomic E-state index is 12.5. The summed E-state index contributed by atoms with van der Waals surface area (Å²) in [5.41, 5.74) is 2.55. The van der Waals surface area contributed by atoms with E-state index in [1.54, 1.807) is 12.5 Å². The number of nitrogens with one attached hydrogen (secondary N) is 1. The zero-order valence-corrected chi connectivity index (χ0v) is 18.5. The van der Waals surface area contributed by atoms with Gasteiger partial charge in [0.25, 0.3) is 0 Å². The van der Waals surface area contributed by atoms with E-state index in [0.717, 1.165) is 21.5 Å². The van der Waals surface area contributed by atoms with E-state index in [0.29, 0.717) is 23.2 Å². The molecule has 9 heteroatoms. The highest BCUT2D eigenvalue weighted by molar-refractivity contribution is 9.10. The highest BCUT2D eigenvalue weighted by Crippen LogP contribution is 2.26. The Morgan fingerprint density at radius 3 is 2.83 bits per heavy atom. The van der Waals surface area contributed by atoms with E-state index >= 15 is 0 Å². The zero-order valence-electron chi connectivity index (χ0n) is 16.1. The Bertz CT molecular complexity index is 1150. The van der Waals surface area contributed by atoms with Crippen molar-refractivity contribution in [3.63, 3.8) is 0 Å². The first-order chi connectivity index (χ1) is 14.6. The molecule has 0 radical (unpaired) electrons.